The molecule has 0 atom stereocenters. The summed E-state index contributed by atoms with van der Waals surface area (Å²) in [4.78, 5) is 21.4. The van der Waals surface area contributed by atoms with E-state index in [9.17, 15) is 4.79 Å². The first-order valence-electron chi connectivity index (χ1n) is 4.99. The van der Waals surface area contributed by atoms with Gasteiger partial charge in [0.25, 0.3) is 0 Å². The molecule has 16 heavy (non-hydrogen) atoms. The molecule has 88 valence electrons. The van der Waals surface area contributed by atoms with E-state index in [-0.39, 0.29) is 5.91 Å². The molecular weight excluding hydrogens is 224 g/mol. The van der Waals surface area contributed by atoms with Crippen molar-refractivity contribution in [3.63, 3.8) is 0 Å². The molecule has 1 aromatic heterocycles. The summed E-state index contributed by atoms with van der Waals surface area (Å²) in [5.41, 5.74) is 0.748. The highest BCUT2D eigenvalue weighted by Crippen LogP contribution is 2.03. The molecule has 0 saturated carbocycles. The summed E-state index contributed by atoms with van der Waals surface area (Å²) in [5, 5.41) is 2.74. The van der Waals surface area contributed by atoms with Crippen LogP contribution in [-0.4, -0.2) is 35.7 Å². The van der Waals surface area contributed by atoms with E-state index in [0.29, 0.717) is 18.7 Å². The summed E-state index contributed by atoms with van der Waals surface area (Å²) in [7, 11) is 3.80. The smallest absolute Gasteiger partial charge is 0.221 e. The number of hydrogen-bond donors (Lipinski definition) is 2. The van der Waals surface area contributed by atoms with Crippen molar-refractivity contribution in [1.29, 1.82) is 0 Å². The van der Waals surface area contributed by atoms with E-state index in [1.165, 1.54) is 0 Å². The summed E-state index contributed by atoms with van der Waals surface area (Å²) in [5.74, 6) is 1.33. The van der Waals surface area contributed by atoms with Crippen LogP contribution >= 0.6 is 12.6 Å². The maximum absolute atomic E-state index is 11.2. The van der Waals surface area contributed by atoms with Gasteiger partial charge < -0.3 is 10.2 Å². The number of amides is 1. The van der Waals surface area contributed by atoms with Crippen molar-refractivity contribution in [2.75, 3.05) is 24.7 Å². The molecule has 0 spiro atoms. The molecule has 0 aliphatic heterocycles. The van der Waals surface area contributed by atoms with E-state index in [0.717, 1.165) is 11.5 Å². The molecular formula is C10H16N4OS. The van der Waals surface area contributed by atoms with Crippen LogP contribution in [0.5, 0.6) is 0 Å². The Morgan fingerprint density at radius 2 is 2.19 bits per heavy atom. The Hall–Kier alpha value is -1.30. The summed E-state index contributed by atoms with van der Waals surface area (Å²) in [6.45, 7) is 0.410. The van der Waals surface area contributed by atoms with Crippen molar-refractivity contribution in [3.05, 3.63) is 18.1 Å². The SMILES string of the molecule is CN(C)c1cnc(CNC(=O)CCS)cn1. The van der Waals surface area contributed by atoms with E-state index < -0.39 is 0 Å². The van der Waals surface area contributed by atoms with Crippen molar-refractivity contribution < 1.29 is 4.79 Å². The largest absolute Gasteiger partial charge is 0.361 e. The molecule has 1 aromatic rings. The number of rotatable bonds is 5. The molecule has 0 unspecified atom stereocenters. The maximum atomic E-state index is 11.2. The third-order valence-electron chi connectivity index (χ3n) is 1.96. The van der Waals surface area contributed by atoms with Crippen molar-refractivity contribution in [3.8, 4) is 0 Å². The number of nitrogens with one attached hydrogen (secondary N) is 1. The molecule has 0 aromatic carbocycles. The molecule has 6 heteroatoms. The molecule has 0 aliphatic carbocycles. The van der Waals surface area contributed by atoms with Crippen LogP contribution in [0.25, 0.3) is 0 Å². The molecule has 1 rings (SSSR count). The molecule has 0 bridgehead atoms. The van der Waals surface area contributed by atoms with Crippen molar-refractivity contribution in [1.82, 2.24) is 15.3 Å². The fourth-order valence-electron chi connectivity index (χ4n) is 1.05. The molecule has 0 fully saturated rings. The Bertz CT molecular complexity index is 339. The van der Waals surface area contributed by atoms with Gasteiger partial charge in [0.1, 0.15) is 5.82 Å². The molecule has 5 nitrogen and oxygen atoms in total. The minimum Gasteiger partial charge on any atom is -0.361 e. The fourth-order valence-corrected chi connectivity index (χ4v) is 1.25. The van der Waals surface area contributed by atoms with Crippen LogP contribution in [0.1, 0.15) is 12.1 Å². The van der Waals surface area contributed by atoms with Crippen LogP contribution in [0.4, 0.5) is 5.82 Å². The van der Waals surface area contributed by atoms with Crippen LogP contribution in [-0.2, 0) is 11.3 Å². The Kier molecular flexibility index (Phi) is 5.04. The number of thiol groups is 1. The first-order valence-corrected chi connectivity index (χ1v) is 5.62. The van der Waals surface area contributed by atoms with Gasteiger partial charge in [0.2, 0.25) is 5.91 Å². The quantitative estimate of drug-likeness (QED) is 0.735. The highest BCUT2D eigenvalue weighted by molar-refractivity contribution is 7.80. The summed E-state index contributed by atoms with van der Waals surface area (Å²) < 4.78 is 0. The van der Waals surface area contributed by atoms with Gasteiger partial charge in [0.05, 0.1) is 24.6 Å². The number of carbonyl (C=O) groups excluding carboxylic acids is 1. The average molecular weight is 240 g/mol. The van der Waals surface area contributed by atoms with Crippen LogP contribution in [0.3, 0.4) is 0 Å². The normalized spacial score (nSPS) is 9.94. The average Bonchev–Trinajstić information content (AvgIpc) is 2.27. The predicted molar refractivity (Wildman–Crippen MR) is 66.7 cm³/mol. The van der Waals surface area contributed by atoms with Crippen molar-refractivity contribution in [2.24, 2.45) is 0 Å². The Labute approximate surface area is 101 Å². The number of aromatic nitrogens is 2. The summed E-state index contributed by atoms with van der Waals surface area (Å²) >= 11 is 3.98. The van der Waals surface area contributed by atoms with Crippen LogP contribution in [0, 0.1) is 0 Å². The number of carbonyl (C=O) groups is 1. The van der Waals surface area contributed by atoms with E-state index in [2.05, 4.69) is 27.9 Å². The second-order valence-electron chi connectivity index (χ2n) is 3.51. The highest BCUT2D eigenvalue weighted by Gasteiger charge is 2.02. The first kappa shape index (κ1) is 12.8. The minimum absolute atomic E-state index is 0.0199. The highest BCUT2D eigenvalue weighted by atomic mass is 32.1. The summed E-state index contributed by atoms with van der Waals surface area (Å²) in [6, 6.07) is 0. The monoisotopic (exact) mass is 240 g/mol. The Balaban J connectivity index is 2.46. The molecule has 1 amide bonds. The number of hydrogen-bond acceptors (Lipinski definition) is 5. The Morgan fingerprint density at radius 3 is 2.69 bits per heavy atom. The minimum atomic E-state index is -0.0199. The summed E-state index contributed by atoms with van der Waals surface area (Å²) in [6.07, 6.45) is 3.77. The third kappa shape index (κ3) is 4.06. The Morgan fingerprint density at radius 1 is 1.44 bits per heavy atom. The van der Waals surface area contributed by atoms with E-state index >= 15 is 0 Å². The zero-order valence-corrected chi connectivity index (χ0v) is 10.4. The second kappa shape index (κ2) is 6.32. The van der Waals surface area contributed by atoms with Crippen LogP contribution in [0.2, 0.25) is 0 Å². The van der Waals surface area contributed by atoms with Gasteiger partial charge in [-0.2, -0.15) is 12.6 Å². The van der Waals surface area contributed by atoms with Crippen molar-refractivity contribution in [2.45, 2.75) is 13.0 Å². The van der Waals surface area contributed by atoms with Gasteiger partial charge >= 0.3 is 0 Å². The fraction of sp³-hybridized carbons (Fsp3) is 0.500. The van der Waals surface area contributed by atoms with E-state index in [1.807, 2.05) is 19.0 Å². The lowest BCUT2D eigenvalue weighted by Crippen LogP contribution is -2.23. The van der Waals surface area contributed by atoms with Gasteiger partial charge in [0, 0.05) is 20.5 Å². The zero-order valence-electron chi connectivity index (χ0n) is 9.47. The molecule has 0 radical (unpaired) electrons. The number of anilines is 1. The topological polar surface area (TPSA) is 58.1 Å². The third-order valence-corrected chi connectivity index (χ3v) is 2.18. The zero-order chi connectivity index (χ0) is 12.0. The van der Waals surface area contributed by atoms with Gasteiger partial charge in [-0.05, 0) is 5.75 Å². The predicted octanol–water partition coefficient (Wildman–Crippen LogP) is 0.479. The van der Waals surface area contributed by atoms with Crippen LogP contribution < -0.4 is 10.2 Å². The van der Waals surface area contributed by atoms with E-state index in [4.69, 9.17) is 0 Å². The van der Waals surface area contributed by atoms with Gasteiger partial charge in [-0.3, -0.25) is 9.78 Å². The second-order valence-corrected chi connectivity index (χ2v) is 3.96. The lowest BCUT2D eigenvalue weighted by atomic mass is 10.4. The van der Waals surface area contributed by atoms with Gasteiger partial charge in [-0.1, -0.05) is 0 Å². The van der Waals surface area contributed by atoms with Gasteiger partial charge in [-0.25, -0.2) is 4.98 Å². The lowest BCUT2D eigenvalue weighted by Gasteiger charge is -2.10. The lowest BCUT2D eigenvalue weighted by molar-refractivity contribution is -0.120. The van der Waals surface area contributed by atoms with Gasteiger partial charge in [-0.15, -0.1) is 0 Å². The first-order chi connectivity index (χ1) is 7.63. The number of nitrogens with zero attached hydrogens (tertiary/aromatic N) is 3. The van der Waals surface area contributed by atoms with Crippen molar-refractivity contribution >= 4 is 24.4 Å². The van der Waals surface area contributed by atoms with Gasteiger partial charge in [0.15, 0.2) is 0 Å². The molecule has 1 heterocycles. The molecule has 0 aliphatic rings. The standard InChI is InChI=1S/C10H16N4OS/c1-14(2)9-7-11-8(5-12-9)6-13-10(15)3-4-16/h5,7,16H,3-4,6H2,1-2H3,(H,13,15). The van der Waals surface area contributed by atoms with E-state index in [1.54, 1.807) is 12.4 Å². The maximum Gasteiger partial charge on any atom is 0.221 e. The molecule has 0 saturated heterocycles. The van der Waals surface area contributed by atoms with Crippen LogP contribution in [0.15, 0.2) is 12.4 Å². The molecule has 1 N–H and O–H groups in total.